The molecule has 2 N–H and O–H groups in total. The Morgan fingerprint density at radius 2 is 2.20 bits per heavy atom. The van der Waals surface area contributed by atoms with Crippen LogP contribution >= 0.6 is 0 Å². The maximum atomic E-state index is 5.29. The molecule has 3 atom stereocenters. The van der Waals surface area contributed by atoms with Crippen molar-refractivity contribution < 1.29 is 0 Å². The highest BCUT2D eigenvalue weighted by molar-refractivity contribution is 4.89. The van der Waals surface area contributed by atoms with Crippen LogP contribution in [-0.2, 0) is 0 Å². The first-order valence-electron chi connectivity index (χ1n) is 6.15. The van der Waals surface area contributed by atoms with Gasteiger partial charge >= 0.3 is 0 Å². The Labute approximate surface area is 94.2 Å². The predicted molar refractivity (Wildman–Crippen MR) is 65.8 cm³/mol. The van der Waals surface area contributed by atoms with Crippen molar-refractivity contribution in [2.24, 2.45) is 0 Å². The minimum atomic E-state index is 0.439. The van der Waals surface area contributed by atoms with Gasteiger partial charge in [-0.05, 0) is 39.7 Å². The zero-order chi connectivity index (χ0) is 11.1. The van der Waals surface area contributed by atoms with E-state index in [2.05, 4.69) is 30.4 Å². The topological polar surface area (TPSA) is 24.1 Å². The Hall–Kier alpha value is -0.520. The fourth-order valence-corrected chi connectivity index (χ4v) is 2.34. The van der Waals surface area contributed by atoms with Crippen molar-refractivity contribution >= 4 is 0 Å². The first kappa shape index (κ1) is 12.5. The van der Waals surface area contributed by atoms with Crippen molar-refractivity contribution in [2.75, 3.05) is 6.54 Å². The lowest BCUT2D eigenvalue weighted by atomic mass is 9.98. The van der Waals surface area contributed by atoms with Gasteiger partial charge in [-0.2, -0.15) is 0 Å². The van der Waals surface area contributed by atoms with Gasteiger partial charge in [0.05, 0.1) is 0 Å². The van der Waals surface area contributed by atoms with Crippen molar-refractivity contribution in [3.8, 4) is 12.3 Å². The monoisotopic (exact) mass is 208 g/mol. The molecule has 15 heavy (non-hydrogen) atoms. The molecule has 1 heterocycles. The molecule has 0 radical (unpaired) electrons. The van der Waals surface area contributed by atoms with Crippen molar-refractivity contribution in [1.82, 2.24) is 10.6 Å². The maximum absolute atomic E-state index is 5.29. The van der Waals surface area contributed by atoms with E-state index in [-0.39, 0.29) is 0 Å². The quantitative estimate of drug-likeness (QED) is 0.674. The molecular weight excluding hydrogens is 184 g/mol. The Kier molecular flexibility index (Phi) is 5.75. The number of piperidine rings is 1. The van der Waals surface area contributed by atoms with E-state index >= 15 is 0 Å². The standard InChI is InChI=1S/C13H24N2/c1-4-7-11(2)15-12(3)10-13-8-5-6-9-14-13/h1,11-15H,5-10H2,2-3H3. The number of hydrogen-bond acceptors (Lipinski definition) is 2. The summed E-state index contributed by atoms with van der Waals surface area (Å²) in [5, 5.41) is 7.12. The molecule has 1 aliphatic heterocycles. The second-order valence-corrected chi connectivity index (χ2v) is 4.76. The molecule has 0 aromatic rings. The predicted octanol–water partition coefficient (Wildman–Crippen LogP) is 1.91. The Balaban J connectivity index is 2.16. The molecule has 1 saturated heterocycles. The Bertz CT molecular complexity index is 201. The van der Waals surface area contributed by atoms with Gasteiger partial charge in [0.25, 0.3) is 0 Å². The molecule has 1 fully saturated rings. The lowest BCUT2D eigenvalue weighted by molar-refractivity contribution is 0.333. The van der Waals surface area contributed by atoms with Crippen LogP contribution in [0.1, 0.15) is 46.0 Å². The van der Waals surface area contributed by atoms with Gasteiger partial charge in [0.15, 0.2) is 0 Å². The van der Waals surface area contributed by atoms with E-state index in [0.29, 0.717) is 18.1 Å². The molecule has 2 nitrogen and oxygen atoms in total. The molecule has 3 unspecified atom stereocenters. The molecule has 2 heteroatoms. The second-order valence-electron chi connectivity index (χ2n) is 4.76. The highest BCUT2D eigenvalue weighted by Gasteiger charge is 2.16. The molecular formula is C13H24N2. The van der Waals surface area contributed by atoms with Gasteiger partial charge in [0, 0.05) is 24.5 Å². The van der Waals surface area contributed by atoms with Gasteiger partial charge in [-0.25, -0.2) is 0 Å². The average Bonchev–Trinajstić information content (AvgIpc) is 2.19. The zero-order valence-electron chi connectivity index (χ0n) is 10.1. The number of terminal acetylenes is 1. The van der Waals surface area contributed by atoms with Crippen LogP contribution < -0.4 is 10.6 Å². The van der Waals surface area contributed by atoms with E-state index in [0.717, 1.165) is 6.42 Å². The summed E-state index contributed by atoms with van der Waals surface area (Å²) in [5.41, 5.74) is 0. The van der Waals surface area contributed by atoms with Gasteiger partial charge in [0.2, 0.25) is 0 Å². The fourth-order valence-electron chi connectivity index (χ4n) is 2.34. The molecule has 0 aromatic heterocycles. The summed E-state index contributed by atoms with van der Waals surface area (Å²) in [6, 6.07) is 1.71. The SMILES string of the molecule is C#CCC(C)NC(C)CC1CCCCN1. The Morgan fingerprint density at radius 3 is 2.80 bits per heavy atom. The summed E-state index contributed by atoms with van der Waals surface area (Å²) in [7, 11) is 0. The van der Waals surface area contributed by atoms with Gasteiger partial charge < -0.3 is 10.6 Å². The van der Waals surface area contributed by atoms with E-state index in [1.165, 1.54) is 32.2 Å². The minimum Gasteiger partial charge on any atom is -0.314 e. The Morgan fingerprint density at radius 1 is 1.40 bits per heavy atom. The number of nitrogens with one attached hydrogen (secondary N) is 2. The molecule has 0 aliphatic carbocycles. The van der Waals surface area contributed by atoms with Crippen molar-refractivity contribution in [3.63, 3.8) is 0 Å². The van der Waals surface area contributed by atoms with Crippen LogP contribution in [0.2, 0.25) is 0 Å². The van der Waals surface area contributed by atoms with Crippen molar-refractivity contribution in [2.45, 2.75) is 64.1 Å². The van der Waals surface area contributed by atoms with Gasteiger partial charge in [-0.1, -0.05) is 6.42 Å². The fraction of sp³-hybridized carbons (Fsp3) is 0.846. The first-order valence-corrected chi connectivity index (χ1v) is 6.15. The average molecular weight is 208 g/mol. The van der Waals surface area contributed by atoms with E-state index in [9.17, 15) is 0 Å². The first-order chi connectivity index (χ1) is 7.22. The van der Waals surface area contributed by atoms with E-state index < -0.39 is 0 Å². The second kappa shape index (κ2) is 6.87. The molecule has 0 amide bonds. The zero-order valence-corrected chi connectivity index (χ0v) is 10.1. The van der Waals surface area contributed by atoms with Gasteiger partial charge in [0.1, 0.15) is 0 Å². The summed E-state index contributed by atoms with van der Waals surface area (Å²) < 4.78 is 0. The summed E-state index contributed by atoms with van der Waals surface area (Å²) in [5.74, 6) is 2.70. The third-order valence-electron chi connectivity index (χ3n) is 3.04. The lowest BCUT2D eigenvalue weighted by Crippen LogP contribution is -2.42. The highest BCUT2D eigenvalue weighted by Crippen LogP contribution is 2.12. The van der Waals surface area contributed by atoms with Crippen LogP contribution in [0.3, 0.4) is 0 Å². The van der Waals surface area contributed by atoms with Crippen molar-refractivity contribution in [3.05, 3.63) is 0 Å². The van der Waals surface area contributed by atoms with Gasteiger partial charge in [-0.3, -0.25) is 0 Å². The number of hydrogen-bond donors (Lipinski definition) is 2. The third kappa shape index (κ3) is 5.20. The summed E-state index contributed by atoms with van der Waals surface area (Å²) in [6.45, 7) is 5.60. The van der Waals surface area contributed by atoms with Gasteiger partial charge in [-0.15, -0.1) is 12.3 Å². The molecule has 0 spiro atoms. The molecule has 1 aliphatic rings. The van der Waals surface area contributed by atoms with Crippen LogP contribution in [0.15, 0.2) is 0 Å². The van der Waals surface area contributed by atoms with Crippen LogP contribution in [-0.4, -0.2) is 24.7 Å². The molecule has 86 valence electrons. The lowest BCUT2D eigenvalue weighted by Gasteiger charge is -2.27. The minimum absolute atomic E-state index is 0.439. The number of rotatable bonds is 5. The third-order valence-corrected chi connectivity index (χ3v) is 3.04. The molecule has 0 bridgehead atoms. The normalized spacial score (nSPS) is 25.5. The largest absolute Gasteiger partial charge is 0.314 e. The van der Waals surface area contributed by atoms with Crippen LogP contribution in [0.25, 0.3) is 0 Å². The molecule has 0 saturated carbocycles. The summed E-state index contributed by atoms with van der Waals surface area (Å²) >= 11 is 0. The molecule has 1 rings (SSSR count). The smallest absolute Gasteiger partial charge is 0.0238 e. The maximum Gasteiger partial charge on any atom is 0.0238 e. The van der Waals surface area contributed by atoms with E-state index in [4.69, 9.17) is 6.42 Å². The van der Waals surface area contributed by atoms with E-state index in [1.807, 2.05) is 0 Å². The van der Waals surface area contributed by atoms with Crippen LogP contribution in [0.4, 0.5) is 0 Å². The summed E-state index contributed by atoms with van der Waals surface area (Å²) in [4.78, 5) is 0. The highest BCUT2D eigenvalue weighted by atomic mass is 15.0. The van der Waals surface area contributed by atoms with Crippen LogP contribution in [0, 0.1) is 12.3 Å². The van der Waals surface area contributed by atoms with Crippen molar-refractivity contribution in [1.29, 1.82) is 0 Å². The summed E-state index contributed by atoms with van der Waals surface area (Å²) in [6.07, 6.45) is 11.4. The van der Waals surface area contributed by atoms with E-state index in [1.54, 1.807) is 0 Å². The van der Waals surface area contributed by atoms with Crippen LogP contribution in [0.5, 0.6) is 0 Å². The molecule has 0 aromatic carbocycles.